The van der Waals surface area contributed by atoms with Crippen LogP contribution in [0.15, 0.2) is 48.2 Å². The van der Waals surface area contributed by atoms with E-state index in [9.17, 15) is 4.79 Å². The van der Waals surface area contributed by atoms with Crippen LogP contribution in [0.4, 0.5) is 5.69 Å². The van der Waals surface area contributed by atoms with E-state index in [0.29, 0.717) is 21.5 Å². The molecule has 0 saturated carbocycles. The molecular formula is C14H9Br4NO2. The third kappa shape index (κ3) is 4.09. The minimum Gasteiger partial charge on any atom is -0.497 e. The lowest BCUT2D eigenvalue weighted by Crippen LogP contribution is -2.13. The lowest BCUT2D eigenvalue weighted by atomic mass is 10.2. The van der Waals surface area contributed by atoms with Crippen molar-refractivity contribution in [1.29, 1.82) is 0 Å². The first-order valence-electron chi connectivity index (χ1n) is 5.72. The van der Waals surface area contributed by atoms with Crippen molar-refractivity contribution in [1.82, 2.24) is 0 Å². The van der Waals surface area contributed by atoms with E-state index in [0.717, 1.165) is 13.4 Å². The average Bonchev–Trinajstić information content (AvgIpc) is 2.43. The number of halogens is 4. The van der Waals surface area contributed by atoms with Gasteiger partial charge in [-0.2, -0.15) is 0 Å². The number of rotatable bonds is 3. The standard InChI is InChI=1S/C14H9Br4NO2/c1-21-8-2-3-10(16)9(6-8)14(20)19-13-11(17)4-7(15)5-12(13)18/h2-6H,1H3,(H,19,20). The molecule has 0 spiro atoms. The van der Waals surface area contributed by atoms with E-state index < -0.39 is 0 Å². The predicted molar refractivity (Wildman–Crippen MR) is 98.2 cm³/mol. The van der Waals surface area contributed by atoms with Gasteiger partial charge < -0.3 is 10.1 Å². The Balaban J connectivity index is 2.35. The van der Waals surface area contributed by atoms with Crippen molar-refractivity contribution < 1.29 is 9.53 Å². The summed E-state index contributed by atoms with van der Waals surface area (Å²) in [6.07, 6.45) is 0. The van der Waals surface area contributed by atoms with E-state index in [-0.39, 0.29) is 5.91 Å². The zero-order chi connectivity index (χ0) is 15.6. The number of ether oxygens (including phenoxy) is 1. The van der Waals surface area contributed by atoms with Gasteiger partial charge in [0.25, 0.3) is 5.91 Å². The number of hydrogen-bond acceptors (Lipinski definition) is 2. The molecule has 0 aliphatic rings. The van der Waals surface area contributed by atoms with Gasteiger partial charge in [0.1, 0.15) is 5.75 Å². The monoisotopic (exact) mass is 539 g/mol. The van der Waals surface area contributed by atoms with Crippen molar-refractivity contribution in [2.75, 3.05) is 12.4 Å². The molecule has 0 bridgehead atoms. The van der Waals surface area contributed by atoms with Crippen molar-refractivity contribution in [2.24, 2.45) is 0 Å². The molecule has 0 aliphatic heterocycles. The van der Waals surface area contributed by atoms with Gasteiger partial charge in [0.2, 0.25) is 0 Å². The molecule has 0 atom stereocenters. The molecule has 0 radical (unpaired) electrons. The first-order chi connectivity index (χ1) is 9.92. The highest BCUT2D eigenvalue weighted by Crippen LogP contribution is 2.35. The summed E-state index contributed by atoms with van der Waals surface area (Å²) in [4.78, 5) is 12.4. The van der Waals surface area contributed by atoms with Gasteiger partial charge in [0.05, 0.1) is 18.4 Å². The number of amides is 1. The normalized spacial score (nSPS) is 10.3. The average molecular weight is 543 g/mol. The molecule has 0 saturated heterocycles. The van der Waals surface area contributed by atoms with Crippen molar-refractivity contribution in [3.63, 3.8) is 0 Å². The Morgan fingerprint density at radius 2 is 1.62 bits per heavy atom. The molecule has 0 aliphatic carbocycles. The molecule has 0 heterocycles. The van der Waals surface area contributed by atoms with Crippen LogP contribution < -0.4 is 10.1 Å². The number of anilines is 1. The number of carbonyl (C=O) groups excluding carboxylic acids is 1. The van der Waals surface area contributed by atoms with Gasteiger partial charge in [0, 0.05) is 17.9 Å². The fraction of sp³-hybridized carbons (Fsp3) is 0.0714. The van der Waals surface area contributed by atoms with Gasteiger partial charge in [-0.25, -0.2) is 0 Å². The highest BCUT2D eigenvalue weighted by molar-refractivity contribution is 9.11. The second-order valence-electron chi connectivity index (χ2n) is 4.04. The minimum atomic E-state index is -0.232. The molecule has 1 amide bonds. The molecule has 3 nitrogen and oxygen atoms in total. The van der Waals surface area contributed by atoms with Crippen LogP contribution in [0.5, 0.6) is 5.75 Å². The van der Waals surface area contributed by atoms with E-state index in [1.165, 1.54) is 0 Å². The van der Waals surface area contributed by atoms with Gasteiger partial charge in [-0.15, -0.1) is 0 Å². The first kappa shape index (κ1) is 17.0. The van der Waals surface area contributed by atoms with E-state index in [4.69, 9.17) is 4.74 Å². The molecular weight excluding hydrogens is 534 g/mol. The van der Waals surface area contributed by atoms with Crippen molar-refractivity contribution >= 4 is 75.3 Å². The maximum atomic E-state index is 12.4. The van der Waals surface area contributed by atoms with E-state index in [2.05, 4.69) is 69.0 Å². The van der Waals surface area contributed by atoms with Crippen LogP contribution in [0.1, 0.15) is 10.4 Å². The predicted octanol–water partition coefficient (Wildman–Crippen LogP) is 6.00. The summed E-state index contributed by atoms with van der Waals surface area (Å²) in [5, 5.41) is 2.88. The second kappa shape index (κ2) is 7.26. The lowest BCUT2D eigenvalue weighted by Gasteiger charge is -2.12. The summed E-state index contributed by atoms with van der Waals surface area (Å²) in [6, 6.07) is 8.97. The third-order valence-corrected chi connectivity index (χ3v) is 5.06. The number of benzene rings is 2. The lowest BCUT2D eigenvalue weighted by molar-refractivity contribution is 0.102. The molecule has 110 valence electrons. The summed E-state index contributed by atoms with van der Waals surface area (Å²) in [6.45, 7) is 0. The fourth-order valence-electron chi connectivity index (χ4n) is 1.65. The molecule has 0 unspecified atom stereocenters. The topological polar surface area (TPSA) is 38.3 Å². The summed E-state index contributed by atoms with van der Waals surface area (Å²) in [5.74, 6) is 0.391. The maximum Gasteiger partial charge on any atom is 0.257 e. The Morgan fingerprint density at radius 1 is 1.00 bits per heavy atom. The summed E-state index contributed by atoms with van der Waals surface area (Å²) >= 11 is 13.6. The van der Waals surface area contributed by atoms with Gasteiger partial charge in [-0.1, -0.05) is 15.9 Å². The minimum absolute atomic E-state index is 0.232. The molecule has 0 fully saturated rings. The third-order valence-electron chi connectivity index (χ3n) is 2.66. The highest BCUT2D eigenvalue weighted by Gasteiger charge is 2.15. The molecule has 0 aromatic heterocycles. The van der Waals surface area contributed by atoms with Gasteiger partial charge in [-0.05, 0) is 78.1 Å². The second-order valence-corrected chi connectivity index (χ2v) is 7.52. The van der Waals surface area contributed by atoms with Gasteiger partial charge in [0.15, 0.2) is 0 Å². The number of hydrogen-bond donors (Lipinski definition) is 1. The first-order valence-corrected chi connectivity index (χ1v) is 8.89. The van der Waals surface area contributed by atoms with E-state index >= 15 is 0 Å². The Morgan fingerprint density at radius 3 is 2.19 bits per heavy atom. The van der Waals surface area contributed by atoms with Crippen LogP contribution in [0.3, 0.4) is 0 Å². The Hall–Kier alpha value is -0.370. The van der Waals surface area contributed by atoms with Crippen LogP contribution in [0.25, 0.3) is 0 Å². The fourth-order valence-corrected chi connectivity index (χ4v) is 4.53. The molecule has 2 aromatic carbocycles. The molecule has 1 N–H and O–H groups in total. The Labute approximate surface area is 156 Å². The number of methoxy groups -OCH3 is 1. The molecule has 2 rings (SSSR count). The van der Waals surface area contributed by atoms with E-state index in [1.807, 2.05) is 12.1 Å². The number of carbonyl (C=O) groups is 1. The largest absolute Gasteiger partial charge is 0.497 e. The zero-order valence-electron chi connectivity index (χ0n) is 10.7. The van der Waals surface area contributed by atoms with Gasteiger partial charge in [-0.3, -0.25) is 4.79 Å². The van der Waals surface area contributed by atoms with E-state index in [1.54, 1.807) is 25.3 Å². The molecule has 21 heavy (non-hydrogen) atoms. The quantitative estimate of drug-likeness (QED) is 0.517. The van der Waals surface area contributed by atoms with Crippen LogP contribution >= 0.6 is 63.7 Å². The van der Waals surface area contributed by atoms with Crippen molar-refractivity contribution in [3.05, 3.63) is 53.8 Å². The smallest absolute Gasteiger partial charge is 0.257 e. The maximum absolute atomic E-state index is 12.4. The summed E-state index contributed by atoms with van der Waals surface area (Å²) < 4.78 is 8.30. The zero-order valence-corrected chi connectivity index (χ0v) is 17.1. The summed E-state index contributed by atoms with van der Waals surface area (Å²) in [5.41, 5.74) is 1.16. The van der Waals surface area contributed by atoms with Crippen LogP contribution in [0, 0.1) is 0 Å². The Bertz CT molecular complexity index is 680. The van der Waals surface area contributed by atoms with Crippen molar-refractivity contribution in [3.8, 4) is 5.75 Å². The van der Waals surface area contributed by atoms with Gasteiger partial charge >= 0.3 is 0 Å². The van der Waals surface area contributed by atoms with Crippen LogP contribution in [0.2, 0.25) is 0 Å². The molecule has 7 heteroatoms. The Kier molecular flexibility index (Phi) is 5.88. The van der Waals surface area contributed by atoms with Crippen LogP contribution in [-0.2, 0) is 0 Å². The summed E-state index contributed by atoms with van der Waals surface area (Å²) in [7, 11) is 1.56. The highest BCUT2D eigenvalue weighted by atomic mass is 79.9. The number of nitrogens with one attached hydrogen (secondary N) is 1. The van der Waals surface area contributed by atoms with Crippen molar-refractivity contribution in [2.45, 2.75) is 0 Å². The SMILES string of the molecule is COc1ccc(Br)c(C(=O)Nc2c(Br)cc(Br)cc2Br)c1. The van der Waals surface area contributed by atoms with Crippen LogP contribution in [-0.4, -0.2) is 13.0 Å². The molecule has 2 aromatic rings.